The highest BCUT2D eigenvalue weighted by Crippen LogP contribution is 2.42. The zero-order chi connectivity index (χ0) is 28.9. The molecule has 4 rings (SSSR count). The molecule has 0 aromatic carbocycles. The van der Waals surface area contributed by atoms with Crippen molar-refractivity contribution in [1.82, 2.24) is 4.90 Å². The van der Waals surface area contributed by atoms with Gasteiger partial charge in [0.1, 0.15) is 0 Å². The molecule has 0 spiro atoms. The standard InChI is InChI=1S/C37H47N3/c1-9-11-21-34(37(6,7)8)29(4)30(5)38(26-10-2)39-27-17-16-18-31(39)25-24-28(3)40-35-22-14-12-19-32(35)33-20-13-15-23-36(33)40/h9-28,32-33,35-36H,4H2,1-3,5-8H3/q+2/b11-9-,25-24+,26-10-,34-21+,38-30-. The van der Waals surface area contributed by atoms with E-state index in [1.54, 1.807) is 0 Å². The Morgan fingerprint density at radius 1 is 0.975 bits per heavy atom. The van der Waals surface area contributed by atoms with Crippen molar-refractivity contribution in [1.29, 1.82) is 0 Å². The summed E-state index contributed by atoms with van der Waals surface area (Å²) in [5.74, 6) is 1.05. The molecular weight excluding hydrogens is 486 g/mol. The van der Waals surface area contributed by atoms with E-state index >= 15 is 0 Å². The minimum Gasteiger partial charge on any atom is -0.283 e. The Bertz CT molecular complexity index is 1330. The zero-order valence-corrected chi connectivity index (χ0v) is 25.4. The highest BCUT2D eigenvalue weighted by molar-refractivity contribution is 5.98. The van der Waals surface area contributed by atoms with E-state index in [1.807, 2.05) is 6.92 Å². The number of nitrogens with zero attached hydrogens (tertiary/aromatic N) is 3. The van der Waals surface area contributed by atoms with Crippen LogP contribution in [-0.2, 0) is 0 Å². The Kier molecular flexibility index (Phi) is 9.37. The van der Waals surface area contributed by atoms with E-state index in [4.69, 9.17) is 0 Å². The topological polar surface area (TPSA) is 10.1 Å². The maximum absolute atomic E-state index is 4.56. The summed E-state index contributed by atoms with van der Waals surface area (Å²) in [6.45, 7) is 19.9. The number of pyridine rings is 1. The molecule has 3 nitrogen and oxygen atoms in total. The molecule has 0 bridgehead atoms. The van der Waals surface area contributed by atoms with E-state index in [9.17, 15) is 0 Å². The van der Waals surface area contributed by atoms with E-state index in [1.165, 1.54) is 5.57 Å². The number of likely N-dealkylation sites (tertiary alicyclic amines) is 1. The molecule has 3 heteroatoms. The predicted octanol–water partition coefficient (Wildman–Crippen LogP) is 7.79. The number of hydrogen-bond acceptors (Lipinski definition) is 1. The summed E-state index contributed by atoms with van der Waals surface area (Å²) >= 11 is 0. The maximum Gasteiger partial charge on any atom is 0.276 e. The van der Waals surface area contributed by atoms with Crippen LogP contribution in [0.4, 0.5) is 0 Å². The fourth-order valence-corrected chi connectivity index (χ4v) is 6.20. The van der Waals surface area contributed by atoms with Crippen molar-refractivity contribution >= 4 is 11.8 Å². The number of allylic oxidation sites excluding steroid dienone is 10. The fraction of sp³-hybridized carbons (Fsp3) is 0.351. The van der Waals surface area contributed by atoms with Gasteiger partial charge in [-0.3, -0.25) is 4.90 Å². The van der Waals surface area contributed by atoms with Crippen LogP contribution in [0.5, 0.6) is 0 Å². The molecule has 1 saturated heterocycles. The Hall–Kier alpha value is -3.56. The molecule has 0 radical (unpaired) electrons. The first-order valence-electron chi connectivity index (χ1n) is 14.6. The van der Waals surface area contributed by atoms with Gasteiger partial charge in [-0.25, -0.2) is 0 Å². The Morgan fingerprint density at radius 3 is 2.17 bits per heavy atom. The fourth-order valence-electron chi connectivity index (χ4n) is 6.20. The quantitative estimate of drug-likeness (QED) is 0.188. The Balaban J connectivity index is 1.70. The molecule has 0 saturated carbocycles. The normalized spacial score (nSPS) is 26.1. The second-order valence-corrected chi connectivity index (χ2v) is 11.9. The van der Waals surface area contributed by atoms with Crippen LogP contribution in [0, 0.1) is 17.3 Å². The molecule has 208 valence electrons. The molecule has 5 atom stereocenters. The largest absolute Gasteiger partial charge is 0.283 e. The lowest BCUT2D eigenvalue weighted by molar-refractivity contribution is -1.18. The van der Waals surface area contributed by atoms with Gasteiger partial charge in [-0.1, -0.05) is 100 Å². The molecule has 1 fully saturated rings. The third kappa shape index (κ3) is 6.10. The van der Waals surface area contributed by atoms with Gasteiger partial charge in [-0.05, 0) is 43.9 Å². The predicted molar refractivity (Wildman–Crippen MR) is 171 cm³/mol. The lowest BCUT2D eigenvalue weighted by Gasteiger charge is -2.33. The molecule has 2 aliphatic carbocycles. The smallest absolute Gasteiger partial charge is 0.276 e. The highest BCUT2D eigenvalue weighted by atomic mass is 15.5. The Morgan fingerprint density at radius 2 is 1.60 bits per heavy atom. The SMILES string of the molecule is C=C(/C(=C\C=C/C)C(C)(C)C)/C(C)=[N+](/C=C\C)[n+]1ccccc1/C=C/C(C)N1C2C=CC=CC2C2C=CC=CC21. The lowest BCUT2D eigenvalue weighted by atomic mass is 9.80. The van der Waals surface area contributed by atoms with Crippen molar-refractivity contribution in [3.05, 3.63) is 133 Å². The number of aromatic nitrogens is 1. The number of hydrogen-bond donors (Lipinski definition) is 0. The van der Waals surface area contributed by atoms with Gasteiger partial charge < -0.3 is 0 Å². The van der Waals surface area contributed by atoms with Crippen molar-refractivity contribution in [2.45, 2.75) is 66.6 Å². The summed E-state index contributed by atoms with van der Waals surface area (Å²) < 4.78 is 4.41. The van der Waals surface area contributed by atoms with Crippen LogP contribution >= 0.6 is 0 Å². The minimum absolute atomic E-state index is 0.0318. The van der Waals surface area contributed by atoms with E-state index < -0.39 is 0 Å². The van der Waals surface area contributed by atoms with Gasteiger partial charge in [0.05, 0.1) is 9.36 Å². The molecule has 1 aromatic heterocycles. The third-order valence-electron chi connectivity index (χ3n) is 8.20. The third-order valence-corrected chi connectivity index (χ3v) is 8.20. The van der Waals surface area contributed by atoms with Gasteiger partial charge in [0.2, 0.25) is 12.4 Å². The number of fused-ring (bicyclic) bond motifs is 3. The minimum atomic E-state index is -0.0318. The van der Waals surface area contributed by atoms with Crippen molar-refractivity contribution in [2.24, 2.45) is 17.3 Å². The van der Waals surface area contributed by atoms with E-state index in [2.05, 4.69) is 178 Å². The summed E-state index contributed by atoms with van der Waals surface area (Å²) in [5.41, 5.74) is 4.43. The summed E-state index contributed by atoms with van der Waals surface area (Å²) in [5, 5.41) is 0. The van der Waals surface area contributed by atoms with Crippen molar-refractivity contribution in [3.8, 4) is 0 Å². The van der Waals surface area contributed by atoms with Gasteiger partial charge >= 0.3 is 0 Å². The number of rotatable bonds is 8. The van der Waals surface area contributed by atoms with Gasteiger partial charge in [0.25, 0.3) is 11.4 Å². The molecule has 1 aromatic rings. The van der Waals surface area contributed by atoms with Crippen LogP contribution in [-0.4, -0.2) is 33.4 Å². The van der Waals surface area contributed by atoms with Crippen molar-refractivity contribution in [3.63, 3.8) is 0 Å². The first-order valence-corrected chi connectivity index (χ1v) is 14.6. The first kappa shape index (κ1) is 29.4. The highest BCUT2D eigenvalue weighted by Gasteiger charge is 2.46. The monoisotopic (exact) mass is 533 g/mol. The van der Waals surface area contributed by atoms with Crippen LogP contribution in [0.3, 0.4) is 0 Å². The summed E-state index contributed by atoms with van der Waals surface area (Å²) in [7, 11) is 0. The van der Waals surface area contributed by atoms with Gasteiger partial charge in [0.15, 0.2) is 0 Å². The van der Waals surface area contributed by atoms with Gasteiger partial charge in [0, 0.05) is 60.7 Å². The average molecular weight is 534 g/mol. The molecule has 0 amide bonds. The maximum atomic E-state index is 4.56. The second-order valence-electron chi connectivity index (χ2n) is 11.9. The molecule has 2 heterocycles. The van der Waals surface area contributed by atoms with Crippen LogP contribution < -0.4 is 4.68 Å². The summed E-state index contributed by atoms with van der Waals surface area (Å²) in [4.78, 5) is 2.67. The van der Waals surface area contributed by atoms with Gasteiger partial charge in [-0.15, -0.1) is 0 Å². The van der Waals surface area contributed by atoms with Crippen LogP contribution in [0.1, 0.15) is 54.2 Å². The van der Waals surface area contributed by atoms with E-state index in [0.717, 1.165) is 17.0 Å². The lowest BCUT2D eigenvalue weighted by Crippen LogP contribution is -2.49. The molecule has 0 N–H and O–H groups in total. The van der Waals surface area contributed by atoms with Crippen LogP contribution in [0.25, 0.3) is 6.08 Å². The average Bonchev–Trinajstić information content (AvgIpc) is 3.28. The second kappa shape index (κ2) is 12.7. The van der Waals surface area contributed by atoms with Crippen LogP contribution in [0.15, 0.2) is 127 Å². The van der Waals surface area contributed by atoms with Crippen molar-refractivity contribution < 1.29 is 9.36 Å². The summed E-state index contributed by atoms with van der Waals surface area (Å²) in [6, 6.07) is 7.47. The van der Waals surface area contributed by atoms with Crippen molar-refractivity contribution in [2.75, 3.05) is 0 Å². The van der Waals surface area contributed by atoms with Crippen LogP contribution in [0.2, 0.25) is 0 Å². The zero-order valence-electron chi connectivity index (χ0n) is 25.4. The summed E-state index contributed by atoms with van der Waals surface area (Å²) in [6.07, 6.45) is 35.7. The Labute approximate surface area is 242 Å². The molecule has 3 aliphatic rings. The van der Waals surface area contributed by atoms with E-state index in [-0.39, 0.29) is 11.5 Å². The van der Waals surface area contributed by atoms with E-state index in [0.29, 0.717) is 23.9 Å². The molecule has 40 heavy (non-hydrogen) atoms. The molecule has 5 unspecified atom stereocenters. The molecular formula is C37H47N3+2. The first-order chi connectivity index (χ1) is 19.2. The molecule has 1 aliphatic heterocycles. The van der Waals surface area contributed by atoms with Gasteiger partial charge in [-0.2, -0.15) is 0 Å².